The Morgan fingerprint density at radius 1 is 1.36 bits per heavy atom. The minimum atomic E-state index is -1.32. The lowest BCUT2D eigenvalue weighted by atomic mass is 9.87. The van der Waals surface area contributed by atoms with Crippen molar-refractivity contribution in [3.8, 4) is 0 Å². The number of carbonyl (C=O) groups is 1. The Labute approximate surface area is 92.3 Å². The van der Waals surface area contributed by atoms with Gasteiger partial charge >= 0.3 is 0 Å². The maximum absolute atomic E-state index is 13.3. The predicted octanol–water partition coefficient (Wildman–Crippen LogP) is 2.31. The van der Waals surface area contributed by atoms with Crippen LogP contribution in [-0.2, 0) is 4.79 Å². The van der Waals surface area contributed by atoms with Crippen molar-refractivity contribution < 1.29 is 9.18 Å². The molecule has 2 nitrogen and oxygen atoms in total. The van der Waals surface area contributed by atoms with E-state index in [1.807, 2.05) is 19.0 Å². The van der Waals surface area contributed by atoms with Crippen molar-refractivity contribution in [2.75, 3.05) is 20.6 Å². The summed E-state index contributed by atoms with van der Waals surface area (Å²) in [5.74, 6) is -0.297. The first-order valence-corrected chi connectivity index (χ1v) is 4.58. The van der Waals surface area contributed by atoms with Crippen LogP contribution in [0.4, 0.5) is 4.39 Å². The summed E-state index contributed by atoms with van der Waals surface area (Å²) in [6.45, 7) is 5.86. The Morgan fingerprint density at radius 3 is 2.07 bits per heavy atom. The Hall–Kier alpha value is -0.150. The van der Waals surface area contributed by atoms with Gasteiger partial charge < -0.3 is 4.90 Å². The quantitative estimate of drug-likeness (QED) is 0.732. The monoisotopic (exact) mass is 225 g/mol. The lowest BCUT2D eigenvalue weighted by Gasteiger charge is -2.20. The van der Waals surface area contributed by atoms with Gasteiger partial charge in [-0.3, -0.25) is 4.79 Å². The number of hydrogen-bond acceptors (Lipinski definition) is 2. The Kier molecular flexibility index (Phi) is 7.39. The van der Waals surface area contributed by atoms with E-state index in [2.05, 4.69) is 0 Å². The fraction of sp³-hybridized carbons (Fsp3) is 0.900. The third-order valence-corrected chi connectivity index (χ3v) is 1.85. The van der Waals surface area contributed by atoms with Gasteiger partial charge in [-0.2, -0.15) is 0 Å². The van der Waals surface area contributed by atoms with E-state index in [-0.39, 0.29) is 18.2 Å². The number of rotatable bonds is 4. The summed E-state index contributed by atoms with van der Waals surface area (Å²) in [5.41, 5.74) is -0.564. The minimum Gasteiger partial charge on any atom is -0.309 e. The average Bonchev–Trinajstić information content (AvgIpc) is 1.96. The van der Waals surface area contributed by atoms with Gasteiger partial charge in [-0.25, -0.2) is 4.39 Å². The summed E-state index contributed by atoms with van der Waals surface area (Å²) in [7, 11) is 3.74. The Balaban J connectivity index is 0. The molecule has 14 heavy (non-hydrogen) atoms. The summed E-state index contributed by atoms with van der Waals surface area (Å²) < 4.78 is 13.3. The number of ketones is 1. The first-order valence-electron chi connectivity index (χ1n) is 4.58. The summed E-state index contributed by atoms with van der Waals surface area (Å²) in [5, 5.41) is 0. The van der Waals surface area contributed by atoms with Gasteiger partial charge in [0.25, 0.3) is 0 Å². The van der Waals surface area contributed by atoms with Crippen LogP contribution in [0, 0.1) is 5.41 Å². The van der Waals surface area contributed by atoms with Crippen LogP contribution in [0.1, 0.15) is 27.2 Å². The van der Waals surface area contributed by atoms with Crippen LogP contribution >= 0.6 is 12.4 Å². The predicted molar refractivity (Wildman–Crippen MR) is 59.8 cm³/mol. The molecule has 86 valence electrons. The smallest absolute Gasteiger partial charge is 0.172 e. The van der Waals surface area contributed by atoms with Gasteiger partial charge in [-0.05, 0) is 20.5 Å². The van der Waals surface area contributed by atoms with Gasteiger partial charge in [0.05, 0.1) is 0 Å². The van der Waals surface area contributed by atoms with E-state index in [0.29, 0.717) is 13.0 Å². The van der Waals surface area contributed by atoms with Crippen LogP contribution in [0.15, 0.2) is 0 Å². The highest BCUT2D eigenvalue weighted by atomic mass is 35.5. The number of hydrogen-bond donors (Lipinski definition) is 0. The molecular formula is C10H21ClFNO. The Bertz CT molecular complexity index is 177. The van der Waals surface area contributed by atoms with Gasteiger partial charge in [0.15, 0.2) is 12.0 Å². The van der Waals surface area contributed by atoms with Crippen molar-refractivity contribution in [3.63, 3.8) is 0 Å². The summed E-state index contributed by atoms with van der Waals surface area (Å²) in [4.78, 5) is 13.3. The molecule has 0 aliphatic heterocycles. The van der Waals surface area contributed by atoms with Crippen LogP contribution in [-0.4, -0.2) is 37.5 Å². The number of carbonyl (C=O) groups excluding carboxylic acids is 1. The fourth-order valence-corrected chi connectivity index (χ4v) is 0.972. The molecule has 0 aromatic carbocycles. The lowest BCUT2D eigenvalue weighted by molar-refractivity contribution is -0.131. The maximum atomic E-state index is 13.3. The van der Waals surface area contributed by atoms with E-state index >= 15 is 0 Å². The molecule has 0 fully saturated rings. The zero-order chi connectivity index (χ0) is 10.6. The van der Waals surface area contributed by atoms with E-state index in [9.17, 15) is 9.18 Å². The molecule has 0 saturated heterocycles. The number of nitrogens with zero attached hydrogens (tertiary/aromatic N) is 1. The molecule has 0 aromatic rings. The third kappa shape index (κ3) is 6.33. The minimum absolute atomic E-state index is 0. The highest BCUT2D eigenvalue weighted by Crippen LogP contribution is 2.19. The van der Waals surface area contributed by atoms with E-state index in [4.69, 9.17) is 0 Å². The van der Waals surface area contributed by atoms with E-state index < -0.39 is 11.6 Å². The SMILES string of the molecule is CN(C)CC[C@H](F)C(=O)C(C)(C)C.Cl. The topological polar surface area (TPSA) is 20.3 Å². The molecular weight excluding hydrogens is 205 g/mol. The van der Waals surface area contributed by atoms with Crippen molar-refractivity contribution >= 4 is 18.2 Å². The number of Topliss-reactive ketones (excluding diaryl/α,β-unsaturated/α-hetero) is 1. The zero-order valence-electron chi connectivity index (χ0n) is 9.63. The van der Waals surface area contributed by atoms with Crippen molar-refractivity contribution in [1.29, 1.82) is 0 Å². The molecule has 0 unspecified atom stereocenters. The van der Waals surface area contributed by atoms with Crippen LogP contribution in [0.3, 0.4) is 0 Å². The van der Waals surface area contributed by atoms with Gasteiger partial charge in [-0.15, -0.1) is 12.4 Å². The second-order valence-electron chi connectivity index (χ2n) is 4.67. The van der Waals surface area contributed by atoms with Gasteiger partial charge in [0.2, 0.25) is 0 Å². The Morgan fingerprint density at radius 2 is 1.79 bits per heavy atom. The largest absolute Gasteiger partial charge is 0.309 e. The molecule has 0 amide bonds. The normalized spacial score (nSPS) is 13.6. The van der Waals surface area contributed by atoms with Crippen LogP contribution in [0.5, 0.6) is 0 Å². The van der Waals surface area contributed by atoms with Crippen LogP contribution < -0.4 is 0 Å². The molecule has 0 aliphatic carbocycles. The van der Waals surface area contributed by atoms with Gasteiger partial charge in [0, 0.05) is 12.0 Å². The van der Waals surface area contributed by atoms with Crippen LogP contribution in [0.2, 0.25) is 0 Å². The van der Waals surface area contributed by atoms with E-state index in [1.165, 1.54) is 0 Å². The first kappa shape index (κ1) is 16.3. The summed E-state index contributed by atoms with van der Waals surface area (Å²) in [6, 6.07) is 0. The molecule has 0 rings (SSSR count). The molecule has 0 spiro atoms. The molecule has 0 heterocycles. The number of halogens is 2. The molecule has 1 atom stereocenters. The molecule has 0 bridgehead atoms. The molecule has 0 aromatic heterocycles. The molecule has 0 saturated carbocycles. The van der Waals surface area contributed by atoms with Gasteiger partial charge in [-0.1, -0.05) is 20.8 Å². The second kappa shape index (κ2) is 6.36. The highest BCUT2D eigenvalue weighted by molar-refractivity contribution is 5.87. The highest BCUT2D eigenvalue weighted by Gasteiger charge is 2.29. The number of alkyl halides is 1. The van der Waals surface area contributed by atoms with E-state index in [1.54, 1.807) is 20.8 Å². The van der Waals surface area contributed by atoms with E-state index in [0.717, 1.165) is 0 Å². The second-order valence-corrected chi connectivity index (χ2v) is 4.67. The fourth-order valence-electron chi connectivity index (χ4n) is 0.972. The molecule has 0 N–H and O–H groups in total. The van der Waals surface area contributed by atoms with Crippen molar-refractivity contribution in [1.82, 2.24) is 4.90 Å². The third-order valence-electron chi connectivity index (χ3n) is 1.85. The first-order chi connectivity index (χ1) is 5.75. The molecule has 0 aliphatic rings. The average molecular weight is 226 g/mol. The molecule has 4 heteroatoms. The lowest BCUT2D eigenvalue weighted by Crippen LogP contribution is -2.31. The van der Waals surface area contributed by atoms with Crippen molar-refractivity contribution in [2.45, 2.75) is 33.4 Å². The summed E-state index contributed by atoms with van der Waals surface area (Å²) >= 11 is 0. The van der Waals surface area contributed by atoms with Crippen molar-refractivity contribution in [2.24, 2.45) is 5.41 Å². The zero-order valence-corrected chi connectivity index (χ0v) is 10.4. The maximum Gasteiger partial charge on any atom is 0.172 e. The van der Waals surface area contributed by atoms with Crippen molar-refractivity contribution in [3.05, 3.63) is 0 Å². The van der Waals surface area contributed by atoms with Gasteiger partial charge in [0.1, 0.15) is 0 Å². The van der Waals surface area contributed by atoms with Crippen LogP contribution in [0.25, 0.3) is 0 Å². The molecule has 0 radical (unpaired) electrons. The standard InChI is InChI=1S/C10H20FNO.ClH/c1-10(2,3)9(13)8(11)6-7-12(4)5;/h8H,6-7H2,1-5H3;1H/t8-;/m0./s1. The summed E-state index contributed by atoms with van der Waals surface area (Å²) in [6.07, 6.45) is -1.02.